The molecular weight excluding hydrogens is 538 g/mol. The first kappa shape index (κ1) is 29.9. The number of benzene rings is 4. The third kappa shape index (κ3) is 9.47. The van der Waals surface area contributed by atoms with Gasteiger partial charge in [0.05, 0.1) is 26.4 Å². The molecule has 9 heteroatoms. The summed E-state index contributed by atoms with van der Waals surface area (Å²) < 4.78 is 11.0. The van der Waals surface area contributed by atoms with Crippen LogP contribution in [0.4, 0.5) is 23.5 Å². The van der Waals surface area contributed by atoms with Gasteiger partial charge in [0.2, 0.25) is 17.8 Å². The van der Waals surface area contributed by atoms with E-state index < -0.39 is 0 Å². The third-order valence-corrected chi connectivity index (χ3v) is 6.89. The van der Waals surface area contributed by atoms with Gasteiger partial charge in [-0.3, -0.25) is 0 Å². The third-order valence-electron chi connectivity index (χ3n) is 6.89. The summed E-state index contributed by atoms with van der Waals surface area (Å²) in [6.07, 6.45) is 1.94. The molecule has 43 heavy (non-hydrogen) atoms. The molecule has 0 atom stereocenters. The second kappa shape index (κ2) is 16.2. The van der Waals surface area contributed by atoms with Crippen LogP contribution in [0.5, 0.6) is 0 Å². The van der Waals surface area contributed by atoms with Gasteiger partial charge in [-0.05, 0) is 52.4 Å². The van der Waals surface area contributed by atoms with Crippen LogP contribution in [0.2, 0.25) is 0 Å². The van der Waals surface area contributed by atoms with Crippen molar-refractivity contribution in [1.29, 1.82) is 0 Å². The van der Waals surface area contributed by atoms with Crippen LogP contribution in [-0.4, -0.2) is 54.5 Å². The van der Waals surface area contributed by atoms with Gasteiger partial charge in [0.25, 0.3) is 0 Å². The van der Waals surface area contributed by atoms with E-state index in [1.165, 1.54) is 22.1 Å². The van der Waals surface area contributed by atoms with E-state index in [2.05, 4.69) is 105 Å². The molecule has 4 aromatic carbocycles. The van der Waals surface area contributed by atoms with Crippen molar-refractivity contribution in [2.24, 2.45) is 5.73 Å². The van der Waals surface area contributed by atoms with Crippen molar-refractivity contribution >= 4 is 34.3 Å². The monoisotopic (exact) mass is 577 g/mol. The molecule has 5 N–H and O–H groups in total. The zero-order valence-corrected chi connectivity index (χ0v) is 24.3. The summed E-state index contributed by atoms with van der Waals surface area (Å²) in [6.45, 7) is 3.68. The predicted octanol–water partition coefficient (Wildman–Crippen LogP) is 5.57. The molecule has 5 rings (SSSR count). The van der Waals surface area contributed by atoms with E-state index in [4.69, 9.17) is 20.2 Å². The van der Waals surface area contributed by atoms with Gasteiger partial charge in [0.1, 0.15) is 0 Å². The molecule has 0 fully saturated rings. The van der Waals surface area contributed by atoms with Gasteiger partial charge < -0.3 is 31.2 Å². The lowest BCUT2D eigenvalue weighted by Crippen LogP contribution is -2.17. The van der Waals surface area contributed by atoms with Crippen LogP contribution in [-0.2, 0) is 28.9 Å². The van der Waals surface area contributed by atoms with Gasteiger partial charge in [-0.1, -0.05) is 84.9 Å². The van der Waals surface area contributed by atoms with Crippen LogP contribution >= 0.6 is 0 Å². The maximum absolute atomic E-state index is 5.64. The largest absolute Gasteiger partial charge is 0.378 e. The summed E-state index contributed by atoms with van der Waals surface area (Å²) in [5, 5.41) is 12.4. The Bertz CT molecular complexity index is 1570. The molecule has 5 aromatic rings. The van der Waals surface area contributed by atoms with Crippen LogP contribution in [0.3, 0.4) is 0 Å². The fourth-order valence-corrected chi connectivity index (χ4v) is 4.70. The van der Waals surface area contributed by atoms with Crippen molar-refractivity contribution in [2.45, 2.75) is 19.4 Å². The fraction of sp³-hybridized carbons (Fsp3) is 0.265. The van der Waals surface area contributed by atoms with Gasteiger partial charge >= 0.3 is 0 Å². The summed E-state index contributed by atoms with van der Waals surface area (Å²) in [4.78, 5) is 14.0. The minimum Gasteiger partial charge on any atom is -0.378 e. The Hall–Kier alpha value is -4.57. The van der Waals surface area contributed by atoms with Gasteiger partial charge in [0.15, 0.2) is 0 Å². The zero-order chi connectivity index (χ0) is 29.5. The quantitative estimate of drug-likeness (QED) is 0.105. The Morgan fingerprint density at radius 1 is 0.581 bits per heavy atom. The van der Waals surface area contributed by atoms with E-state index in [1.54, 1.807) is 0 Å². The minimum absolute atomic E-state index is 0.448. The molecule has 1 aromatic heterocycles. The second-order valence-electron chi connectivity index (χ2n) is 10.0. The van der Waals surface area contributed by atoms with Crippen molar-refractivity contribution in [3.05, 3.63) is 114 Å². The highest BCUT2D eigenvalue weighted by atomic mass is 16.5. The summed E-state index contributed by atoms with van der Waals surface area (Å²) in [7, 11) is 0. The maximum atomic E-state index is 5.64. The topological polar surface area (TPSA) is 119 Å². The molecule has 0 saturated heterocycles. The Labute approximate surface area is 252 Å². The predicted molar refractivity (Wildman–Crippen MR) is 174 cm³/mol. The molecule has 0 aliphatic carbocycles. The normalized spacial score (nSPS) is 11.0. The summed E-state index contributed by atoms with van der Waals surface area (Å²) >= 11 is 0. The molecule has 0 aliphatic heterocycles. The maximum Gasteiger partial charge on any atom is 0.233 e. The molecule has 222 valence electrons. The molecule has 0 unspecified atom stereocenters. The Morgan fingerprint density at radius 2 is 1.26 bits per heavy atom. The Balaban J connectivity index is 1.26. The average molecular weight is 578 g/mol. The molecule has 0 spiro atoms. The lowest BCUT2D eigenvalue weighted by Gasteiger charge is -2.14. The molecular formula is C34H39N7O2. The van der Waals surface area contributed by atoms with E-state index in [9.17, 15) is 0 Å². The number of aryl methyl sites for hydroxylation is 2. The number of fused-ring (bicyclic) bond motifs is 1. The number of rotatable bonds is 17. The highest BCUT2D eigenvalue weighted by Crippen LogP contribution is 2.22. The standard InChI is InChI=1S/C34H39N7O2/c35-18-20-42-22-23-43-21-19-36-32-39-33(41-34(40-32)38-31-17-16-27-10-4-6-12-29(27)24-31)37-25-30-13-7-5-11-28(30)15-14-26-8-2-1-3-9-26/h1-13,16-17,24H,14-15,18-23,25,35H2,(H3,36,37,38,39,40,41). The second-order valence-corrected chi connectivity index (χ2v) is 10.0. The highest BCUT2D eigenvalue weighted by Gasteiger charge is 2.10. The van der Waals surface area contributed by atoms with Crippen LogP contribution < -0.4 is 21.7 Å². The molecule has 0 radical (unpaired) electrons. The van der Waals surface area contributed by atoms with E-state index in [-0.39, 0.29) is 0 Å². The molecule has 0 aliphatic rings. The van der Waals surface area contributed by atoms with Crippen molar-refractivity contribution in [2.75, 3.05) is 55.5 Å². The van der Waals surface area contributed by atoms with Crippen molar-refractivity contribution in [3.8, 4) is 0 Å². The Morgan fingerprint density at radius 3 is 2.07 bits per heavy atom. The van der Waals surface area contributed by atoms with Crippen molar-refractivity contribution < 1.29 is 9.47 Å². The SMILES string of the molecule is NCCOCCOCCNc1nc(NCc2ccccc2CCc2ccccc2)nc(Nc2ccc3ccccc3c2)n1. The minimum atomic E-state index is 0.448. The summed E-state index contributed by atoms with van der Waals surface area (Å²) in [5.74, 6) is 1.39. The zero-order valence-electron chi connectivity index (χ0n) is 24.3. The van der Waals surface area contributed by atoms with Gasteiger partial charge in [0, 0.05) is 25.3 Å². The first-order chi connectivity index (χ1) is 21.3. The molecule has 9 nitrogen and oxygen atoms in total. The van der Waals surface area contributed by atoms with Gasteiger partial charge in [-0.25, -0.2) is 0 Å². The van der Waals surface area contributed by atoms with E-state index in [1.807, 2.05) is 18.2 Å². The average Bonchev–Trinajstić information content (AvgIpc) is 3.05. The molecule has 0 amide bonds. The van der Waals surface area contributed by atoms with Crippen LogP contribution in [0, 0.1) is 0 Å². The summed E-state index contributed by atoms with van der Waals surface area (Å²) in [5.41, 5.74) is 10.2. The summed E-state index contributed by atoms with van der Waals surface area (Å²) in [6, 6.07) is 33.5. The molecule has 1 heterocycles. The van der Waals surface area contributed by atoms with Crippen molar-refractivity contribution in [1.82, 2.24) is 15.0 Å². The fourth-order valence-electron chi connectivity index (χ4n) is 4.70. The van der Waals surface area contributed by atoms with Crippen LogP contribution in [0.15, 0.2) is 97.1 Å². The van der Waals surface area contributed by atoms with E-state index in [0.29, 0.717) is 63.9 Å². The number of ether oxygens (including phenoxy) is 2. The lowest BCUT2D eigenvalue weighted by atomic mass is 10.00. The Kier molecular flexibility index (Phi) is 11.2. The number of aromatic nitrogens is 3. The number of nitrogens with two attached hydrogens (primary N) is 1. The van der Waals surface area contributed by atoms with Crippen LogP contribution in [0.25, 0.3) is 10.8 Å². The van der Waals surface area contributed by atoms with Gasteiger partial charge in [-0.2, -0.15) is 15.0 Å². The smallest absolute Gasteiger partial charge is 0.233 e. The van der Waals surface area contributed by atoms with Crippen molar-refractivity contribution in [3.63, 3.8) is 0 Å². The molecule has 0 saturated carbocycles. The first-order valence-electron chi connectivity index (χ1n) is 14.7. The number of nitrogens with zero attached hydrogens (tertiary/aromatic N) is 3. The number of anilines is 4. The van der Waals surface area contributed by atoms with Crippen LogP contribution in [0.1, 0.15) is 16.7 Å². The highest BCUT2D eigenvalue weighted by molar-refractivity contribution is 5.86. The van der Waals surface area contributed by atoms with Gasteiger partial charge in [-0.15, -0.1) is 0 Å². The number of hydrogen-bond acceptors (Lipinski definition) is 9. The van der Waals surface area contributed by atoms with E-state index >= 15 is 0 Å². The van der Waals surface area contributed by atoms with E-state index in [0.717, 1.165) is 23.9 Å². The lowest BCUT2D eigenvalue weighted by molar-refractivity contribution is 0.0547. The number of nitrogens with one attached hydrogen (secondary N) is 3. The number of hydrogen-bond donors (Lipinski definition) is 4. The first-order valence-corrected chi connectivity index (χ1v) is 14.7. The molecule has 0 bridgehead atoms.